The molecule has 232 valence electrons. The maximum atomic E-state index is 2.49. The van der Waals surface area contributed by atoms with Crippen molar-refractivity contribution in [1.29, 1.82) is 0 Å². The van der Waals surface area contributed by atoms with E-state index in [1.165, 1.54) is 77.9 Å². The Morgan fingerprint density at radius 1 is 0.280 bits per heavy atom. The van der Waals surface area contributed by atoms with Crippen LogP contribution < -0.4 is 4.90 Å². The minimum atomic E-state index is -0.284. The predicted octanol–water partition coefficient (Wildman–Crippen LogP) is 12.8. The third-order valence-corrected chi connectivity index (χ3v) is 11.2. The Hall–Kier alpha value is -6.44. The number of nitrogens with zero attached hydrogens (tertiary/aromatic N) is 1. The van der Waals surface area contributed by atoms with Gasteiger partial charge in [0.15, 0.2) is 0 Å². The molecule has 8 aromatic carbocycles. The van der Waals surface area contributed by atoms with Gasteiger partial charge in [-0.15, -0.1) is 0 Å². The Balaban J connectivity index is 1.07. The molecule has 0 bridgehead atoms. The molecule has 0 amide bonds. The van der Waals surface area contributed by atoms with Crippen LogP contribution in [-0.4, -0.2) is 0 Å². The largest absolute Gasteiger partial charge is 0.310 e. The molecule has 11 rings (SSSR count). The number of para-hydroxylation sites is 1. The van der Waals surface area contributed by atoms with Gasteiger partial charge in [0.2, 0.25) is 0 Å². The molecule has 1 nitrogen and oxygen atoms in total. The zero-order chi connectivity index (χ0) is 32.8. The molecule has 0 fully saturated rings. The molecule has 0 saturated carbocycles. The highest BCUT2D eigenvalue weighted by Crippen LogP contribution is 2.70. The van der Waals surface area contributed by atoms with Crippen molar-refractivity contribution >= 4 is 17.1 Å². The lowest BCUT2D eigenvalue weighted by atomic mass is 9.73. The lowest BCUT2D eigenvalue weighted by Crippen LogP contribution is -2.23. The molecule has 0 aliphatic heterocycles. The molecule has 0 radical (unpaired) electrons. The molecule has 1 unspecified atom stereocenters. The second kappa shape index (κ2) is 10.3. The van der Waals surface area contributed by atoms with Crippen molar-refractivity contribution in [3.63, 3.8) is 0 Å². The lowest BCUT2D eigenvalue weighted by molar-refractivity contribution is 0.818. The van der Waals surface area contributed by atoms with E-state index in [-0.39, 0.29) is 5.41 Å². The van der Waals surface area contributed by atoms with Gasteiger partial charge in [0.25, 0.3) is 0 Å². The van der Waals surface area contributed by atoms with Gasteiger partial charge >= 0.3 is 0 Å². The minimum absolute atomic E-state index is 0.284. The maximum Gasteiger partial charge on any atom is 0.0737 e. The van der Waals surface area contributed by atoms with E-state index < -0.39 is 0 Å². The van der Waals surface area contributed by atoms with E-state index in [4.69, 9.17) is 0 Å². The average Bonchev–Trinajstić information content (AvgIpc) is 3.79. The number of fused-ring (bicyclic) bond motifs is 5. The first-order valence-corrected chi connectivity index (χ1v) is 17.4. The summed E-state index contributed by atoms with van der Waals surface area (Å²) >= 11 is 0. The number of benzene rings is 8. The van der Waals surface area contributed by atoms with Crippen LogP contribution in [0, 0.1) is 0 Å². The van der Waals surface area contributed by atoms with Crippen molar-refractivity contribution in [1.82, 2.24) is 0 Å². The van der Waals surface area contributed by atoms with E-state index in [0.29, 0.717) is 0 Å². The second-order valence-corrected chi connectivity index (χ2v) is 13.6. The van der Waals surface area contributed by atoms with Crippen molar-refractivity contribution in [2.45, 2.75) is 5.41 Å². The van der Waals surface area contributed by atoms with Crippen LogP contribution in [0.3, 0.4) is 0 Å². The van der Waals surface area contributed by atoms with Crippen LogP contribution in [0.1, 0.15) is 22.3 Å². The van der Waals surface area contributed by atoms with E-state index in [1.54, 1.807) is 0 Å². The van der Waals surface area contributed by atoms with Crippen LogP contribution >= 0.6 is 0 Å². The van der Waals surface area contributed by atoms with Crippen LogP contribution in [0.4, 0.5) is 17.1 Å². The minimum Gasteiger partial charge on any atom is -0.310 e. The molecular weight excluding hydrogens is 603 g/mol. The summed E-state index contributed by atoms with van der Waals surface area (Å²) in [6.07, 6.45) is 0. The van der Waals surface area contributed by atoms with Gasteiger partial charge in [-0.1, -0.05) is 146 Å². The standard InChI is InChI=1S/C49H31N/c1-3-12-32(13-4-1)33-24-27-37(28-25-33)50(36-15-5-2-6-16-36)38-17-9-14-34(30-38)35-26-29-40-42-20-11-22-44-43-21-10-19-41-39-18-7-8-23-45(39)49(47(41)43,48(42)44)46(40)31-35/h1-31H. The Bertz CT molecular complexity index is 2600. The zero-order valence-electron chi connectivity index (χ0n) is 27.3. The van der Waals surface area contributed by atoms with Crippen molar-refractivity contribution in [2.24, 2.45) is 0 Å². The number of hydrogen-bond donors (Lipinski definition) is 0. The molecule has 50 heavy (non-hydrogen) atoms. The van der Waals surface area contributed by atoms with Gasteiger partial charge in [0.05, 0.1) is 5.41 Å². The first-order valence-electron chi connectivity index (χ1n) is 17.4. The van der Waals surface area contributed by atoms with Crippen LogP contribution in [0.2, 0.25) is 0 Å². The highest BCUT2D eigenvalue weighted by Gasteiger charge is 2.57. The van der Waals surface area contributed by atoms with E-state index in [9.17, 15) is 0 Å². The molecule has 3 aliphatic carbocycles. The predicted molar refractivity (Wildman–Crippen MR) is 207 cm³/mol. The monoisotopic (exact) mass is 633 g/mol. The second-order valence-electron chi connectivity index (χ2n) is 13.6. The molecule has 1 spiro atoms. The fourth-order valence-corrected chi connectivity index (χ4v) is 9.22. The molecule has 3 aliphatic rings. The van der Waals surface area contributed by atoms with Crippen molar-refractivity contribution in [3.05, 3.63) is 210 Å². The van der Waals surface area contributed by atoms with Crippen molar-refractivity contribution in [3.8, 4) is 55.6 Å². The van der Waals surface area contributed by atoms with Crippen LogP contribution in [-0.2, 0) is 5.41 Å². The van der Waals surface area contributed by atoms with Crippen LogP contribution in [0.5, 0.6) is 0 Å². The molecule has 0 heterocycles. The van der Waals surface area contributed by atoms with Crippen LogP contribution in [0.15, 0.2) is 188 Å². The summed E-state index contributed by atoms with van der Waals surface area (Å²) in [4.78, 5) is 2.36. The quantitative estimate of drug-likeness (QED) is 0.182. The molecule has 0 aromatic heterocycles. The summed E-state index contributed by atoms with van der Waals surface area (Å²) in [7, 11) is 0. The summed E-state index contributed by atoms with van der Waals surface area (Å²) in [5.41, 5.74) is 21.9. The third kappa shape index (κ3) is 3.61. The van der Waals surface area contributed by atoms with E-state index in [1.807, 2.05) is 0 Å². The Kier molecular flexibility index (Phi) is 5.66. The summed E-state index contributed by atoms with van der Waals surface area (Å²) in [6.45, 7) is 0. The third-order valence-electron chi connectivity index (χ3n) is 11.2. The van der Waals surface area contributed by atoms with Crippen LogP contribution in [0.25, 0.3) is 55.6 Å². The van der Waals surface area contributed by atoms with E-state index in [0.717, 1.165) is 17.1 Å². The average molecular weight is 634 g/mol. The van der Waals surface area contributed by atoms with Gasteiger partial charge in [-0.05, 0) is 120 Å². The molecule has 8 aromatic rings. The maximum absolute atomic E-state index is 2.49. The van der Waals surface area contributed by atoms with Gasteiger partial charge in [-0.2, -0.15) is 0 Å². The van der Waals surface area contributed by atoms with Gasteiger partial charge in [0, 0.05) is 17.1 Å². The normalized spacial score (nSPS) is 15.3. The number of hydrogen-bond acceptors (Lipinski definition) is 1. The molecular formula is C49H31N. The van der Waals surface area contributed by atoms with Gasteiger partial charge in [0.1, 0.15) is 0 Å². The van der Waals surface area contributed by atoms with E-state index >= 15 is 0 Å². The van der Waals surface area contributed by atoms with E-state index in [2.05, 4.69) is 193 Å². The fraction of sp³-hybridized carbons (Fsp3) is 0.0204. The molecule has 0 saturated heterocycles. The Labute approximate surface area is 292 Å². The van der Waals surface area contributed by atoms with Gasteiger partial charge in [-0.3, -0.25) is 0 Å². The van der Waals surface area contributed by atoms with Gasteiger partial charge in [-0.25, -0.2) is 0 Å². The summed E-state index contributed by atoms with van der Waals surface area (Å²) < 4.78 is 0. The number of anilines is 3. The smallest absolute Gasteiger partial charge is 0.0737 e. The SMILES string of the molecule is c1ccc(-c2ccc(N(c3ccccc3)c3cccc(-c4ccc5c(c4)C46c7ccccc7-c7cccc(c74)-c4cccc-5c46)c3)cc2)cc1. The molecule has 0 N–H and O–H groups in total. The Morgan fingerprint density at radius 3 is 1.46 bits per heavy atom. The first-order chi connectivity index (χ1) is 24.8. The summed E-state index contributed by atoms with van der Waals surface area (Å²) in [5, 5.41) is 0. The highest BCUT2D eigenvalue weighted by atomic mass is 15.1. The van der Waals surface area contributed by atoms with Gasteiger partial charge < -0.3 is 4.90 Å². The number of rotatable bonds is 5. The molecule has 1 heteroatoms. The summed E-state index contributed by atoms with van der Waals surface area (Å²) in [5.74, 6) is 0. The zero-order valence-corrected chi connectivity index (χ0v) is 27.3. The highest BCUT2D eigenvalue weighted by molar-refractivity contribution is 6.06. The lowest BCUT2D eigenvalue weighted by Gasteiger charge is -2.28. The molecule has 1 atom stereocenters. The fourth-order valence-electron chi connectivity index (χ4n) is 9.22. The Morgan fingerprint density at radius 2 is 0.740 bits per heavy atom. The summed E-state index contributed by atoms with van der Waals surface area (Å²) in [6, 6.07) is 69.3. The van der Waals surface area contributed by atoms with Crippen molar-refractivity contribution < 1.29 is 0 Å². The topological polar surface area (TPSA) is 3.24 Å². The first kappa shape index (κ1) is 27.5. The van der Waals surface area contributed by atoms with Crippen molar-refractivity contribution in [2.75, 3.05) is 4.90 Å².